The highest BCUT2D eigenvalue weighted by atomic mass is 79.9. The third kappa shape index (κ3) is 3.01. The zero-order valence-electron chi connectivity index (χ0n) is 9.22. The van der Waals surface area contributed by atoms with Gasteiger partial charge >= 0.3 is 0 Å². The minimum absolute atomic E-state index is 0.124. The Labute approximate surface area is 107 Å². The molecular weight excluding hydrogens is 284 g/mol. The van der Waals surface area contributed by atoms with Crippen LogP contribution in [0.1, 0.15) is 11.3 Å². The first kappa shape index (κ1) is 12.0. The fraction of sp³-hybridized carbons (Fsp3) is 0.167. The van der Waals surface area contributed by atoms with Gasteiger partial charge in [-0.05, 0) is 40.5 Å². The molecule has 0 aliphatic carbocycles. The Morgan fingerprint density at radius 2 is 2.12 bits per heavy atom. The van der Waals surface area contributed by atoms with Crippen molar-refractivity contribution in [1.82, 2.24) is 9.97 Å². The van der Waals surface area contributed by atoms with Gasteiger partial charge in [0.05, 0.1) is 29.2 Å². The van der Waals surface area contributed by atoms with Gasteiger partial charge < -0.3 is 9.84 Å². The molecule has 2 aromatic rings. The molecule has 0 atom stereocenters. The van der Waals surface area contributed by atoms with E-state index in [4.69, 9.17) is 9.84 Å². The van der Waals surface area contributed by atoms with Crippen LogP contribution in [0.25, 0.3) is 0 Å². The van der Waals surface area contributed by atoms with Crippen LogP contribution < -0.4 is 4.74 Å². The summed E-state index contributed by atoms with van der Waals surface area (Å²) in [5, 5.41) is 8.84. The Morgan fingerprint density at radius 3 is 2.71 bits per heavy atom. The summed E-state index contributed by atoms with van der Waals surface area (Å²) in [5.41, 5.74) is 1.66. The standard InChI is InChI=1S/C12H11BrN2O2/c1-8-2-3-11(10(13)4-8)17-12-6-14-9(7-16)5-15-12/h2-6,16H,7H2,1H3. The Balaban J connectivity index is 2.19. The lowest BCUT2D eigenvalue weighted by Crippen LogP contribution is -1.94. The quantitative estimate of drug-likeness (QED) is 0.946. The van der Waals surface area contributed by atoms with Crippen molar-refractivity contribution in [1.29, 1.82) is 0 Å². The fourth-order valence-corrected chi connectivity index (χ4v) is 1.85. The third-order valence-electron chi connectivity index (χ3n) is 2.15. The monoisotopic (exact) mass is 294 g/mol. The largest absolute Gasteiger partial charge is 0.436 e. The van der Waals surface area contributed by atoms with Gasteiger partial charge in [0.15, 0.2) is 0 Å². The van der Waals surface area contributed by atoms with Crippen molar-refractivity contribution in [2.75, 3.05) is 0 Å². The van der Waals surface area contributed by atoms with E-state index in [1.165, 1.54) is 12.4 Å². The summed E-state index contributed by atoms with van der Waals surface area (Å²) in [6, 6.07) is 5.78. The molecule has 5 heteroatoms. The van der Waals surface area contributed by atoms with E-state index in [1.807, 2.05) is 25.1 Å². The number of hydrogen-bond acceptors (Lipinski definition) is 4. The summed E-state index contributed by atoms with van der Waals surface area (Å²) in [6.07, 6.45) is 2.97. The molecule has 1 N–H and O–H groups in total. The number of rotatable bonds is 3. The number of nitrogens with zero attached hydrogens (tertiary/aromatic N) is 2. The maximum absolute atomic E-state index is 8.84. The minimum atomic E-state index is -0.124. The SMILES string of the molecule is Cc1ccc(Oc2cnc(CO)cn2)c(Br)c1. The zero-order chi connectivity index (χ0) is 12.3. The minimum Gasteiger partial charge on any atom is -0.436 e. The summed E-state index contributed by atoms with van der Waals surface area (Å²) in [7, 11) is 0. The molecule has 0 amide bonds. The normalized spacial score (nSPS) is 10.3. The van der Waals surface area contributed by atoms with E-state index in [-0.39, 0.29) is 6.61 Å². The van der Waals surface area contributed by atoms with Gasteiger partial charge in [-0.15, -0.1) is 0 Å². The average molecular weight is 295 g/mol. The lowest BCUT2D eigenvalue weighted by Gasteiger charge is -2.07. The van der Waals surface area contributed by atoms with Crippen molar-refractivity contribution in [3.05, 3.63) is 46.3 Å². The smallest absolute Gasteiger partial charge is 0.237 e. The number of benzene rings is 1. The van der Waals surface area contributed by atoms with E-state index >= 15 is 0 Å². The molecule has 0 saturated heterocycles. The molecule has 0 fully saturated rings. The Kier molecular flexibility index (Phi) is 3.71. The van der Waals surface area contributed by atoms with Gasteiger partial charge in [0, 0.05) is 0 Å². The fourth-order valence-electron chi connectivity index (χ4n) is 1.28. The van der Waals surface area contributed by atoms with E-state index in [9.17, 15) is 0 Å². The molecule has 88 valence electrons. The highest BCUT2D eigenvalue weighted by Crippen LogP contribution is 2.29. The van der Waals surface area contributed by atoms with Gasteiger partial charge in [0.2, 0.25) is 5.88 Å². The molecule has 0 aliphatic rings. The van der Waals surface area contributed by atoms with Gasteiger partial charge in [-0.2, -0.15) is 0 Å². The molecule has 1 aromatic carbocycles. The number of aliphatic hydroxyl groups excluding tert-OH is 1. The summed E-state index contributed by atoms with van der Waals surface area (Å²) in [4.78, 5) is 8.03. The van der Waals surface area contributed by atoms with Gasteiger partial charge in [0.1, 0.15) is 5.75 Å². The first-order chi connectivity index (χ1) is 8.19. The third-order valence-corrected chi connectivity index (χ3v) is 2.77. The number of halogens is 1. The molecule has 1 aromatic heterocycles. The molecule has 4 nitrogen and oxygen atoms in total. The maximum atomic E-state index is 8.84. The molecule has 2 rings (SSSR count). The summed E-state index contributed by atoms with van der Waals surface area (Å²) in [6.45, 7) is 1.88. The van der Waals surface area contributed by atoms with Gasteiger partial charge in [-0.3, -0.25) is 4.98 Å². The van der Waals surface area contributed by atoms with Crippen LogP contribution in [0.15, 0.2) is 35.1 Å². The lowest BCUT2D eigenvalue weighted by atomic mass is 10.2. The van der Waals surface area contributed by atoms with Crippen LogP contribution in [0.3, 0.4) is 0 Å². The first-order valence-electron chi connectivity index (χ1n) is 5.05. The molecule has 0 spiro atoms. The van der Waals surface area contributed by atoms with Crippen LogP contribution in [0.4, 0.5) is 0 Å². The summed E-state index contributed by atoms with van der Waals surface area (Å²) < 4.78 is 6.43. The first-order valence-corrected chi connectivity index (χ1v) is 5.84. The predicted molar refractivity (Wildman–Crippen MR) is 66.9 cm³/mol. The van der Waals surface area contributed by atoms with Gasteiger partial charge in [-0.25, -0.2) is 4.98 Å². The zero-order valence-corrected chi connectivity index (χ0v) is 10.8. The van der Waals surface area contributed by atoms with E-state index < -0.39 is 0 Å². The van der Waals surface area contributed by atoms with E-state index in [0.717, 1.165) is 10.0 Å². The van der Waals surface area contributed by atoms with Crippen molar-refractivity contribution in [2.45, 2.75) is 13.5 Å². The molecule has 0 unspecified atom stereocenters. The Morgan fingerprint density at radius 1 is 1.29 bits per heavy atom. The molecule has 0 saturated carbocycles. The number of hydrogen-bond donors (Lipinski definition) is 1. The summed E-state index contributed by atoms with van der Waals surface area (Å²) in [5.74, 6) is 1.08. The second-order valence-corrected chi connectivity index (χ2v) is 4.39. The molecule has 1 heterocycles. The number of aryl methyl sites for hydroxylation is 1. The maximum Gasteiger partial charge on any atom is 0.237 e. The van der Waals surface area contributed by atoms with Crippen molar-refractivity contribution < 1.29 is 9.84 Å². The summed E-state index contributed by atoms with van der Waals surface area (Å²) >= 11 is 3.42. The van der Waals surface area contributed by atoms with E-state index in [1.54, 1.807) is 0 Å². The highest BCUT2D eigenvalue weighted by molar-refractivity contribution is 9.10. The Hall–Kier alpha value is -1.46. The topological polar surface area (TPSA) is 55.2 Å². The van der Waals surface area contributed by atoms with Crippen molar-refractivity contribution in [3.63, 3.8) is 0 Å². The second kappa shape index (κ2) is 5.25. The van der Waals surface area contributed by atoms with Crippen LogP contribution in [-0.4, -0.2) is 15.1 Å². The Bertz CT molecular complexity index is 514. The van der Waals surface area contributed by atoms with Crippen molar-refractivity contribution in [3.8, 4) is 11.6 Å². The average Bonchev–Trinajstić information content (AvgIpc) is 2.34. The van der Waals surface area contributed by atoms with Gasteiger partial charge in [-0.1, -0.05) is 6.07 Å². The van der Waals surface area contributed by atoms with E-state index in [2.05, 4.69) is 25.9 Å². The van der Waals surface area contributed by atoms with Crippen molar-refractivity contribution in [2.24, 2.45) is 0 Å². The van der Waals surface area contributed by atoms with Crippen LogP contribution in [0, 0.1) is 6.92 Å². The number of aromatic nitrogens is 2. The number of ether oxygens (including phenoxy) is 1. The van der Waals surface area contributed by atoms with Crippen LogP contribution in [-0.2, 0) is 6.61 Å². The molecule has 17 heavy (non-hydrogen) atoms. The lowest BCUT2D eigenvalue weighted by molar-refractivity contribution is 0.276. The van der Waals surface area contributed by atoms with Gasteiger partial charge in [0.25, 0.3) is 0 Å². The van der Waals surface area contributed by atoms with Crippen LogP contribution in [0.5, 0.6) is 11.6 Å². The molecule has 0 radical (unpaired) electrons. The molecule has 0 aliphatic heterocycles. The van der Waals surface area contributed by atoms with Crippen molar-refractivity contribution >= 4 is 15.9 Å². The second-order valence-electron chi connectivity index (χ2n) is 3.54. The van der Waals surface area contributed by atoms with Crippen LogP contribution in [0.2, 0.25) is 0 Å². The molecular formula is C12H11BrN2O2. The predicted octanol–water partition coefficient (Wildman–Crippen LogP) is 2.83. The molecule has 0 bridgehead atoms. The number of aliphatic hydroxyl groups is 1. The van der Waals surface area contributed by atoms with Crippen LogP contribution >= 0.6 is 15.9 Å². The highest BCUT2D eigenvalue weighted by Gasteiger charge is 2.04. The van der Waals surface area contributed by atoms with E-state index in [0.29, 0.717) is 17.3 Å².